The summed E-state index contributed by atoms with van der Waals surface area (Å²) in [6.07, 6.45) is 0. The Morgan fingerprint density at radius 2 is 1.60 bits per heavy atom. The summed E-state index contributed by atoms with van der Waals surface area (Å²) in [5.74, 6) is -0.136. The normalized spacial score (nSPS) is 12.5. The fourth-order valence-corrected chi connectivity index (χ4v) is 2.82. The molecule has 0 aliphatic rings. The van der Waals surface area contributed by atoms with E-state index in [0.29, 0.717) is 0 Å². The molecule has 0 saturated carbocycles. The number of rotatable bonds is 3. The van der Waals surface area contributed by atoms with Gasteiger partial charge in [0.25, 0.3) is 0 Å². The first kappa shape index (κ1) is 14.7. The molecule has 0 saturated heterocycles. The average molecular weight is 271 g/mol. The van der Waals surface area contributed by atoms with E-state index < -0.39 is 0 Å². The summed E-state index contributed by atoms with van der Waals surface area (Å²) >= 11 is 0. The van der Waals surface area contributed by atoms with Gasteiger partial charge in [-0.05, 0) is 63.1 Å². The van der Waals surface area contributed by atoms with Crippen LogP contribution in [0.25, 0.3) is 0 Å². The molecule has 0 fully saturated rings. The van der Waals surface area contributed by atoms with Crippen molar-refractivity contribution in [1.29, 1.82) is 0 Å². The second-order valence-corrected chi connectivity index (χ2v) is 5.56. The molecular weight excluding hydrogens is 249 g/mol. The molecular formula is C18H22FN. The van der Waals surface area contributed by atoms with Crippen molar-refractivity contribution in [3.8, 4) is 0 Å². The van der Waals surface area contributed by atoms with Crippen molar-refractivity contribution < 1.29 is 4.39 Å². The van der Waals surface area contributed by atoms with Crippen LogP contribution < -0.4 is 5.32 Å². The van der Waals surface area contributed by atoms with Crippen LogP contribution in [-0.2, 0) is 0 Å². The first-order valence-electron chi connectivity index (χ1n) is 6.95. The highest BCUT2D eigenvalue weighted by molar-refractivity contribution is 5.43. The van der Waals surface area contributed by atoms with Crippen molar-refractivity contribution in [2.75, 3.05) is 7.05 Å². The van der Waals surface area contributed by atoms with E-state index in [1.54, 1.807) is 6.07 Å². The maximum atomic E-state index is 14.4. The van der Waals surface area contributed by atoms with Crippen LogP contribution in [0.1, 0.15) is 39.4 Å². The van der Waals surface area contributed by atoms with Gasteiger partial charge in [0.1, 0.15) is 5.82 Å². The fraction of sp³-hybridized carbons (Fsp3) is 0.333. The van der Waals surface area contributed by atoms with Crippen LogP contribution >= 0.6 is 0 Å². The molecule has 0 aliphatic heterocycles. The highest BCUT2D eigenvalue weighted by Crippen LogP contribution is 2.30. The smallest absolute Gasteiger partial charge is 0.128 e. The van der Waals surface area contributed by atoms with Gasteiger partial charge < -0.3 is 5.32 Å². The van der Waals surface area contributed by atoms with E-state index in [2.05, 4.69) is 37.4 Å². The summed E-state index contributed by atoms with van der Waals surface area (Å²) in [5.41, 5.74) is 6.19. The van der Waals surface area contributed by atoms with Gasteiger partial charge in [0.15, 0.2) is 0 Å². The summed E-state index contributed by atoms with van der Waals surface area (Å²) in [6.45, 7) is 8.03. The van der Waals surface area contributed by atoms with Crippen molar-refractivity contribution in [3.05, 3.63) is 69.5 Å². The topological polar surface area (TPSA) is 12.0 Å². The molecule has 0 radical (unpaired) electrons. The zero-order chi connectivity index (χ0) is 14.9. The molecule has 2 aromatic carbocycles. The van der Waals surface area contributed by atoms with E-state index in [0.717, 1.165) is 22.3 Å². The third-order valence-corrected chi connectivity index (χ3v) is 3.80. The third-order valence-electron chi connectivity index (χ3n) is 3.80. The van der Waals surface area contributed by atoms with E-state index in [-0.39, 0.29) is 11.9 Å². The molecule has 1 nitrogen and oxygen atoms in total. The number of hydrogen-bond acceptors (Lipinski definition) is 1. The Balaban J connectivity index is 2.61. The third kappa shape index (κ3) is 2.75. The Kier molecular flexibility index (Phi) is 4.24. The zero-order valence-electron chi connectivity index (χ0n) is 12.8. The van der Waals surface area contributed by atoms with Gasteiger partial charge in [-0.2, -0.15) is 0 Å². The summed E-state index contributed by atoms with van der Waals surface area (Å²) < 4.78 is 14.4. The van der Waals surface area contributed by atoms with Crippen molar-refractivity contribution in [2.24, 2.45) is 0 Å². The number of hydrogen-bond donors (Lipinski definition) is 1. The van der Waals surface area contributed by atoms with Gasteiger partial charge >= 0.3 is 0 Å². The lowest BCUT2D eigenvalue weighted by Gasteiger charge is -2.23. The first-order valence-corrected chi connectivity index (χ1v) is 6.95. The van der Waals surface area contributed by atoms with Gasteiger partial charge in [-0.25, -0.2) is 4.39 Å². The van der Waals surface area contributed by atoms with Crippen molar-refractivity contribution in [1.82, 2.24) is 5.32 Å². The van der Waals surface area contributed by atoms with E-state index >= 15 is 0 Å². The van der Waals surface area contributed by atoms with Crippen molar-refractivity contribution in [3.63, 3.8) is 0 Å². The number of benzene rings is 2. The van der Waals surface area contributed by atoms with Crippen LogP contribution in [0.5, 0.6) is 0 Å². The van der Waals surface area contributed by atoms with Gasteiger partial charge in [-0.15, -0.1) is 0 Å². The second kappa shape index (κ2) is 5.76. The molecule has 1 unspecified atom stereocenters. The van der Waals surface area contributed by atoms with Crippen molar-refractivity contribution in [2.45, 2.75) is 33.7 Å². The van der Waals surface area contributed by atoms with Gasteiger partial charge in [-0.3, -0.25) is 0 Å². The largest absolute Gasteiger partial charge is 0.309 e. The lowest BCUT2D eigenvalue weighted by atomic mass is 9.90. The molecule has 0 spiro atoms. The predicted octanol–water partition coefficient (Wildman–Crippen LogP) is 4.37. The molecule has 0 amide bonds. The van der Waals surface area contributed by atoms with Crippen LogP contribution in [0.3, 0.4) is 0 Å². The van der Waals surface area contributed by atoms with Gasteiger partial charge in [0, 0.05) is 5.56 Å². The Hall–Kier alpha value is -1.67. The van der Waals surface area contributed by atoms with E-state index in [1.807, 2.05) is 27.0 Å². The quantitative estimate of drug-likeness (QED) is 0.874. The Labute approximate surface area is 120 Å². The summed E-state index contributed by atoms with van der Waals surface area (Å²) in [7, 11) is 1.88. The molecule has 2 aromatic rings. The molecule has 1 atom stereocenters. The molecule has 1 N–H and O–H groups in total. The lowest BCUT2D eigenvalue weighted by Crippen LogP contribution is -2.21. The SMILES string of the molecule is CNC(c1cc(C)ccc1C)c1c(C)cc(C)cc1F. The van der Waals surface area contributed by atoms with Gasteiger partial charge in [0.05, 0.1) is 6.04 Å². The van der Waals surface area contributed by atoms with Gasteiger partial charge in [-0.1, -0.05) is 29.8 Å². The van der Waals surface area contributed by atoms with E-state index in [9.17, 15) is 4.39 Å². The highest BCUT2D eigenvalue weighted by Gasteiger charge is 2.20. The molecule has 0 aromatic heterocycles. The molecule has 2 rings (SSSR count). The number of nitrogens with one attached hydrogen (secondary N) is 1. The van der Waals surface area contributed by atoms with Crippen LogP contribution in [0, 0.1) is 33.5 Å². The zero-order valence-corrected chi connectivity index (χ0v) is 12.8. The minimum atomic E-state index is -0.136. The monoisotopic (exact) mass is 271 g/mol. The Bertz CT molecular complexity index is 608. The van der Waals surface area contributed by atoms with E-state index in [1.165, 1.54) is 11.1 Å². The van der Waals surface area contributed by atoms with Crippen molar-refractivity contribution >= 4 is 0 Å². The second-order valence-electron chi connectivity index (χ2n) is 5.56. The van der Waals surface area contributed by atoms with Crippen LogP contribution in [0.4, 0.5) is 4.39 Å². The van der Waals surface area contributed by atoms with Gasteiger partial charge in [0.2, 0.25) is 0 Å². The maximum Gasteiger partial charge on any atom is 0.128 e. The maximum absolute atomic E-state index is 14.4. The predicted molar refractivity (Wildman–Crippen MR) is 82.7 cm³/mol. The fourth-order valence-electron chi connectivity index (χ4n) is 2.82. The van der Waals surface area contributed by atoms with Crippen LogP contribution in [0.2, 0.25) is 0 Å². The number of halogens is 1. The molecule has 0 aliphatic carbocycles. The lowest BCUT2D eigenvalue weighted by molar-refractivity contribution is 0.571. The minimum Gasteiger partial charge on any atom is -0.309 e. The average Bonchev–Trinajstić information content (AvgIpc) is 2.37. The molecule has 0 bridgehead atoms. The molecule has 106 valence electrons. The summed E-state index contributed by atoms with van der Waals surface area (Å²) in [4.78, 5) is 0. The molecule has 0 heterocycles. The minimum absolute atomic E-state index is 0.115. The number of aryl methyl sites for hydroxylation is 4. The Morgan fingerprint density at radius 3 is 2.20 bits per heavy atom. The van der Waals surface area contributed by atoms with E-state index in [4.69, 9.17) is 0 Å². The molecule has 20 heavy (non-hydrogen) atoms. The van der Waals surface area contributed by atoms with Crippen LogP contribution in [-0.4, -0.2) is 7.05 Å². The van der Waals surface area contributed by atoms with Crippen LogP contribution in [0.15, 0.2) is 30.3 Å². The first-order chi connectivity index (χ1) is 9.43. The molecule has 2 heteroatoms. The Morgan fingerprint density at radius 1 is 0.900 bits per heavy atom. The standard InChI is InChI=1S/C18H22FN/c1-11-6-7-13(3)15(9-11)18(20-5)17-14(4)8-12(2)10-16(17)19/h6-10,18,20H,1-5H3. The summed E-state index contributed by atoms with van der Waals surface area (Å²) in [6, 6.07) is 9.84. The summed E-state index contributed by atoms with van der Waals surface area (Å²) in [5, 5.41) is 3.26. The highest BCUT2D eigenvalue weighted by atomic mass is 19.1.